The fourth-order valence-corrected chi connectivity index (χ4v) is 2.89. The highest BCUT2D eigenvalue weighted by Gasteiger charge is 2.36. The van der Waals surface area contributed by atoms with E-state index in [4.69, 9.17) is 4.74 Å². The highest BCUT2D eigenvalue weighted by Crippen LogP contribution is 2.40. The lowest BCUT2D eigenvalue weighted by molar-refractivity contribution is -0.137. The zero-order chi connectivity index (χ0) is 16.5. The van der Waals surface area contributed by atoms with E-state index in [1.54, 1.807) is 6.92 Å². The molecule has 0 unspecified atom stereocenters. The van der Waals surface area contributed by atoms with Gasteiger partial charge in [0.2, 0.25) is 0 Å². The Morgan fingerprint density at radius 3 is 2.64 bits per heavy atom. The first-order chi connectivity index (χ1) is 10.3. The third-order valence-electron chi connectivity index (χ3n) is 2.79. The number of carbonyl (C=O) groups excluding carboxylic acids is 1. The van der Waals surface area contributed by atoms with Crippen molar-refractivity contribution < 1.29 is 27.1 Å². The van der Waals surface area contributed by atoms with Crippen molar-refractivity contribution in [3.63, 3.8) is 0 Å². The van der Waals surface area contributed by atoms with Crippen LogP contribution in [0.15, 0.2) is 18.2 Å². The predicted molar refractivity (Wildman–Crippen MR) is 73.2 cm³/mol. The van der Waals surface area contributed by atoms with Crippen molar-refractivity contribution in [2.24, 2.45) is 0 Å². The van der Waals surface area contributed by atoms with Crippen LogP contribution in [0.5, 0.6) is 0 Å². The maximum atomic E-state index is 13.9. The van der Waals surface area contributed by atoms with Crippen LogP contribution in [0.2, 0.25) is 0 Å². The molecule has 0 fully saturated rings. The number of carbonyl (C=O) groups is 1. The number of aromatic nitrogens is 1. The second kappa shape index (κ2) is 6.04. The third kappa shape index (κ3) is 3.11. The van der Waals surface area contributed by atoms with Gasteiger partial charge in [0.05, 0.1) is 23.4 Å². The van der Waals surface area contributed by atoms with Crippen LogP contribution in [0, 0.1) is 12.7 Å². The van der Waals surface area contributed by atoms with E-state index in [1.807, 2.05) is 0 Å². The lowest BCUT2D eigenvalue weighted by atomic mass is 10.1. The monoisotopic (exact) mass is 333 g/mol. The molecule has 0 bridgehead atoms. The van der Waals surface area contributed by atoms with Crippen molar-refractivity contribution in [3.8, 4) is 10.6 Å². The topological polar surface area (TPSA) is 39.2 Å². The van der Waals surface area contributed by atoms with Gasteiger partial charge in [-0.1, -0.05) is 6.07 Å². The van der Waals surface area contributed by atoms with Gasteiger partial charge in [0.25, 0.3) is 0 Å². The van der Waals surface area contributed by atoms with E-state index in [1.165, 1.54) is 6.92 Å². The van der Waals surface area contributed by atoms with E-state index < -0.39 is 29.1 Å². The second-order valence-electron chi connectivity index (χ2n) is 4.31. The molecule has 0 atom stereocenters. The van der Waals surface area contributed by atoms with E-state index in [2.05, 4.69) is 4.98 Å². The average molecular weight is 333 g/mol. The van der Waals surface area contributed by atoms with Gasteiger partial charge in [0.15, 0.2) is 0 Å². The van der Waals surface area contributed by atoms with Crippen LogP contribution >= 0.6 is 11.3 Å². The molecule has 0 N–H and O–H groups in total. The first-order valence-corrected chi connectivity index (χ1v) is 7.08. The number of rotatable bonds is 3. The lowest BCUT2D eigenvalue weighted by Gasteiger charge is -2.11. The summed E-state index contributed by atoms with van der Waals surface area (Å²) >= 11 is 0.679. The first kappa shape index (κ1) is 16.4. The Kier molecular flexibility index (Phi) is 4.50. The number of alkyl halides is 3. The number of esters is 1. The summed E-state index contributed by atoms with van der Waals surface area (Å²) in [5.41, 5.74) is -1.58. The van der Waals surface area contributed by atoms with Crippen LogP contribution in [0.25, 0.3) is 10.6 Å². The van der Waals surface area contributed by atoms with Crippen molar-refractivity contribution in [1.29, 1.82) is 0 Å². The Morgan fingerprint density at radius 2 is 2.05 bits per heavy atom. The fraction of sp³-hybridized carbons (Fsp3) is 0.286. The normalized spacial score (nSPS) is 11.5. The van der Waals surface area contributed by atoms with Gasteiger partial charge >= 0.3 is 12.1 Å². The Morgan fingerprint density at radius 1 is 1.36 bits per heavy atom. The molecular weight excluding hydrogens is 322 g/mol. The molecule has 0 amide bonds. The van der Waals surface area contributed by atoms with E-state index in [0.717, 1.165) is 18.2 Å². The summed E-state index contributed by atoms with van der Waals surface area (Å²) in [5.74, 6) is -1.73. The standard InChI is InChI=1S/C14H11F4NO2S/c1-3-21-13(20)11-7(2)19-12(22-11)10-8(14(16,17)18)5-4-6-9(10)15/h4-6H,3H2,1-2H3. The summed E-state index contributed by atoms with van der Waals surface area (Å²) in [5, 5.41) is -0.203. The molecule has 1 aromatic carbocycles. The molecule has 0 aliphatic carbocycles. The predicted octanol–water partition coefficient (Wildman–Crippen LogP) is 4.45. The van der Waals surface area contributed by atoms with Crippen LogP contribution < -0.4 is 0 Å². The number of nitrogens with zero attached hydrogens (tertiary/aromatic N) is 1. The van der Waals surface area contributed by atoms with Gasteiger partial charge in [-0.3, -0.25) is 0 Å². The largest absolute Gasteiger partial charge is 0.462 e. The van der Waals surface area contributed by atoms with Gasteiger partial charge in [-0.2, -0.15) is 13.2 Å². The first-order valence-electron chi connectivity index (χ1n) is 6.26. The number of halogens is 4. The molecule has 1 aromatic heterocycles. The van der Waals surface area contributed by atoms with E-state index in [9.17, 15) is 22.4 Å². The van der Waals surface area contributed by atoms with Crippen LogP contribution in [0.1, 0.15) is 27.9 Å². The molecule has 0 spiro atoms. The molecule has 3 nitrogen and oxygen atoms in total. The van der Waals surface area contributed by atoms with Crippen LogP contribution in [-0.2, 0) is 10.9 Å². The number of hydrogen-bond donors (Lipinski definition) is 0. The third-order valence-corrected chi connectivity index (χ3v) is 3.95. The second-order valence-corrected chi connectivity index (χ2v) is 5.31. The quantitative estimate of drug-likeness (QED) is 0.615. The summed E-state index contributed by atoms with van der Waals surface area (Å²) in [7, 11) is 0. The van der Waals surface area contributed by atoms with E-state index >= 15 is 0 Å². The van der Waals surface area contributed by atoms with Gasteiger partial charge in [-0.05, 0) is 26.0 Å². The minimum Gasteiger partial charge on any atom is -0.462 e. The maximum Gasteiger partial charge on any atom is 0.417 e. The molecular formula is C14H11F4NO2S. The van der Waals surface area contributed by atoms with Crippen molar-refractivity contribution in [1.82, 2.24) is 4.98 Å². The van der Waals surface area contributed by atoms with Crippen molar-refractivity contribution >= 4 is 17.3 Å². The summed E-state index contributed by atoms with van der Waals surface area (Å²) in [6, 6.07) is 2.68. The molecule has 1 heterocycles. The van der Waals surface area contributed by atoms with Crippen LogP contribution in [-0.4, -0.2) is 17.6 Å². The summed E-state index contributed by atoms with van der Waals surface area (Å²) < 4.78 is 57.8. The molecule has 2 rings (SSSR count). The van der Waals surface area contributed by atoms with E-state index in [-0.39, 0.29) is 22.2 Å². The van der Waals surface area contributed by atoms with Gasteiger partial charge in [-0.25, -0.2) is 14.2 Å². The Hall–Kier alpha value is -1.96. The molecule has 0 aliphatic heterocycles. The van der Waals surface area contributed by atoms with Gasteiger partial charge in [-0.15, -0.1) is 11.3 Å². The van der Waals surface area contributed by atoms with Gasteiger partial charge < -0.3 is 4.74 Å². The molecule has 0 saturated heterocycles. The SMILES string of the molecule is CCOC(=O)c1sc(-c2c(F)cccc2C(F)(F)F)nc1C. The highest BCUT2D eigenvalue weighted by atomic mass is 32.1. The Balaban J connectivity index is 2.59. The fourth-order valence-electron chi connectivity index (χ4n) is 1.87. The molecule has 8 heteroatoms. The molecule has 0 radical (unpaired) electrons. The minimum atomic E-state index is -4.72. The number of benzene rings is 1. The molecule has 118 valence electrons. The van der Waals surface area contributed by atoms with Crippen molar-refractivity contribution in [2.45, 2.75) is 20.0 Å². The number of aryl methyl sites for hydroxylation is 1. The summed E-state index contributed by atoms with van der Waals surface area (Å²) in [6.07, 6.45) is -4.72. The Labute approximate surface area is 127 Å². The summed E-state index contributed by atoms with van der Waals surface area (Å²) in [4.78, 5) is 15.7. The van der Waals surface area contributed by atoms with Crippen LogP contribution in [0.3, 0.4) is 0 Å². The van der Waals surface area contributed by atoms with E-state index in [0.29, 0.717) is 11.3 Å². The highest BCUT2D eigenvalue weighted by molar-refractivity contribution is 7.17. The van der Waals surface area contributed by atoms with Crippen molar-refractivity contribution in [2.75, 3.05) is 6.61 Å². The van der Waals surface area contributed by atoms with Gasteiger partial charge in [0.1, 0.15) is 15.7 Å². The zero-order valence-corrected chi connectivity index (χ0v) is 12.4. The Bertz CT molecular complexity index is 709. The summed E-state index contributed by atoms with van der Waals surface area (Å²) in [6.45, 7) is 3.19. The lowest BCUT2D eigenvalue weighted by Crippen LogP contribution is -2.08. The minimum absolute atomic E-state index is 0.0632. The molecule has 22 heavy (non-hydrogen) atoms. The van der Waals surface area contributed by atoms with Gasteiger partial charge in [0, 0.05) is 0 Å². The zero-order valence-electron chi connectivity index (χ0n) is 11.6. The van der Waals surface area contributed by atoms with Crippen molar-refractivity contribution in [3.05, 3.63) is 40.2 Å². The maximum absolute atomic E-state index is 13.9. The number of hydrogen-bond acceptors (Lipinski definition) is 4. The smallest absolute Gasteiger partial charge is 0.417 e. The molecule has 0 aliphatic rings. The van der Waals surface area contributed by atoms with Crippen LogP contribution in [0.4, 0.5) is 17.6 Å². The average Bonchev–Trinajstić information content (AvgIpc) is 2.79. The number of thiazole rings is 1. The molecule has 2 aromatic rings. The number of ether oxygens (including phenoxy) is 1. The molecule has 0 saturated carbocycles.